The molecule has 0 aliphatic heterocycles. The Balaban J connectivity index is 1.79. The van der Waals surface area contributed by atoms with Crippen molar-refractivity contribution >= 4 is 69.1 Å². The third kappa shape index (κ3) is 6.16. The van der Waals surface area contributed by atoms with Gasteiger partial charge in [-0.3, -0.25) is 9.59 Å². The topological polar surface area (TPSA) is 129 Å². The molecule has 0 saturated heterocycles. The zero-order valence-corrected chi connectivity index (χ0v) is 22.5. The van der Waals surface area contributed by atoms with E-state index in [1.807, 2.05) is 11.5 Å². The fraction of sp³-hybridized carbons (Fsp3) is 0.318. The molecule has 0 radical (unpaired) electrons. The number of amides is 2. The van der Waals surface area contributed by atoms with E-state index in [9.17, 15) is 14.4 Å². The van der Waals surface area contributed by atoms with E-state index in [0.717, 1.165) is 11.3 Å². The number of carbonyl (C=O) groups is 3. The average Bonchev–Trinajstić information content (AvgIpc) is 3.32. The second kappa shape index (κ2) is 11.4. The summed E-state index contributed by atoms with van der Waals surface area (Å²) >= 11 is 14.4. The summed E-state index contributed by atoms with van der Waals surface area (Å²) in [5.41, 5.74) is 6.59. The summed E-state index contributed by atoms with van der Waals surface area (Å²) < 4.78 is 7.10. The van der Waals surface area contributed by atoms with Crippen molar-refractivity contribution in [3.8, 4) is 11.4 Å². The van der Waals surface area contributed by atoms with E-state index >= 15 is 0 Å². The van der Waals surface area contributed by atoms with Crippen molar-refractivity contribution in [2.24, 2.45) is 5.73 Å². The van der Waals surface area contributed by atoms with Crippen LogP contribution in [-0.4, -0.2) is 44.4 Å². The van der Waals surface area contributed by atoms with E-state index in [1.54, 1.807) is 39.0 Å². The van der Waals surface area contributed by atoms with Crippen LogP contribution in [0.5, 0.6) is 0 Å². The molecular weight excluding hydrogens is 533 g/mol. The quantitative estimate of drug-likeness (QED) is 0.279. The Labute approximate surface area is 220 Å². The highest BCUT2D eigenvalue weighted by Crippen LogP contribution is 2.35. The van der Waals surface area contributed by atoms with Crippen LogP contribution in [0, 0.1) is 6.92 Å². The van der Waals surface area contributed by atoms with Gasteiger partial charge < -0.3 is 20.4 Å². The van der Waals surface area contributed by atoms with Crippen LogP contribution in [0.3, 0.4) is 0 Å². The molecule has 13 heteroatoms. The van der Waals surface area contributed by atoms with Crippen LogP contribution in [0.4, 0.5) is 5.00 Å². The molecule has 2 aromatic heterocycles. The van der Waals surface area contributed by atoms with Crippen LogP contribution in [-0.2, 0) is 16.1 Å². The summed E-state index contributed by atoms with van der Waals surface area (Å²) in [4.78, 5) is 37.3. The lowest BCUT2D eigenvalue weighted by molar-refractivity contribution is -0.113. The van der Waals surface area contributed by atoms with Crippen LogP contribution >= 0.6 is 46.3 Å². The lowest BCUT2D eigenvalue weighted by atomic mass is 10.1. The molecular formula is C22H23Cl2N5O4S2. The number of benzene rings is 1. The minimum Gasteiger partial charge on any atom is -0.459 e. The molecule has 3 N–H and O–H groups in total. The van der Waals surface area contributed by atoms with Gasteiger partial charge in [0.05, 0.1) is 27.3 Å². The molecule has 35 heavy (non-hydrogen) atoms. The zero-order valence-electron chi connectivity index (χ0n) is 19.3. The summed E-state index contributed by atoms with van der Waals surface area (Å²) in [6.07, 6.45) is -0.373. The molecule has 1 aromatic carbocycles. The highest BCUT2D eigenvalue weighted by atomic mass is 35.5. The molecule has 2 heterocycles. The van der Waals surface area contributed by atoms with E-state index in [-0.39, 0.29) is 27.3 Å². The van der Waals surface area contributed by atoms with Crippen molar-refractivity contribution in [3.05, 3.63) is 44.2 Å². The highest BCUT2D eigenvalue weighted by Gasteiger charge is 2.26. The average molecular weight is 556 g/mol. The fourth-order valence-electron chi connectivity index (χ4n) is 3.20. The van der Waals surface area contributed by atoms with Crippen LogP contribution < -0.4 is 11.1 Å². The highest BCUT2D eigenvalue weighted by molar-refractivity contribution is 7.99. The van der Waals surface area contributed by atoms with Gasteiger partial charge >= 0.3 is 5.97 Å². The number of carbonyl (C=O) groups excluding carboxylic acids is 3. The molecule has 0 fully saturated rings. The third-order valence-electron chi connectivity index (χ3n) is 4.71. The monoisotopic (exact) mass is 555 g/mol. The zero-order chi connectivity index (χ0) is 25.9. The maximum atomic E-state index is 12.8. The van der Waals surface area contributed by atoms with Gasteiger partial charge in [-0.15, -0.1) is 21.5 Å². The van der Waals surface area contributed by atoms with Gasteiger partial charge in [0.25, 0.3) is 5.91 Å². The normalized spacial score (nSPS) is 11.1. The Bertz CT molecular complexity index is 1290. The van der Waals surface area contributed by atoms with Crippen molar-refractivity contribution in [2.45, 2.75) is 45.5 Å². The first-order valence-corrected chi connectivity index (χ1v) is 13.0. The van der Waals surface area contributed by atoms with E-state index in [2.05, 4.69) is 15.5 Å². The molecule has 0 saturated carbocycles. The Morgan fingerprint density at radius 2 is 1.97 bits per heavy atom. The van der Waals surface area contributed by atoms with Crippen LogP contribution in [0.25, 0.3) is 11.4 Å². The summed E-state index contributed by atoms with van der Waals surface area (Å²) in [6, 6.07) is 5.09. The third-order valence-corrected chi connectivity index (χ3v) is 7.44. The van der Waals surface area contributed by atoms with Gasteiger partial charge in [-0.05, 0) is 51.5 Å². The number of ether oxygens (including phenoxy) is 1. The van der Waals surface area contributed by atoms with Gasteiger partial charge in [0.2, 0.25) is 5.91 Å². The van der Waals surface area contributed by atoms with E-state index < -0.39 is 17.8 Å². The van der Waals surface area contributed by atoms with E-state index in [0.29, 0.717) is 38.7 Å². The molecule has 0 bridgehead atoms. The van der Waals surface area contributed by atoms with Crippen LogP contribution in [0.15, 0.2) is 23.4 Å². The minimum absolute atomic E-state index is 0.0198. The Kier molecular flexibility index (Phi) is 8.81. The predicted octanol–water partition coefficient (Wildman–Crippen LogP) is 5.04. The number of rotatable bonds is 9. The predicted molar refractivity (Wildman–Crippen MR) is 139 cm³/mol. The number of hydrogen-bond donors (Lipinski definition) is 2. The molecule has 0 atom stereocenters. The van der Waals surface area contributed by atoms with Crippen LogP contribution in [0.2, 0.25) is 10.0 Å². The molecule has 0 unspecified atom stereocenters. The number of nitrogens with one attached hydrogen (secondary N) is 1. The minimum atomic E-state index is -0.689. The SMILES string of the molecule is CCn1c(SCC(=O)Nc2sc(C(N)=O)c(C)c2C(=O)OC(C)C)nnc1-c1ccc(Cl)cc1Cl. The number of aromatic nitrogens is 3. The number of halogens is 2. The van der Waals surface area contributed by atoms with Crippen molar-refractivity contribution < 1.29 is 19.1 Å². The van der Waals surface area contributed by atoms with E-state index in [1.165, 1.54) is 11.8 Å². The second-order valence-electron chi connectivity index (χ2n) is 7.59. The first-order chi connectivity index (χ1) is 16.5. The Hall–Kier alpha value is -2.60. The van der Waals surface area contributed by atoms with Crippen LogP contribution in [0.1, 0.15) is 46.4 Å². The number of nitrogens with two attached hydrogens (primary N) is 1. The molecule has 3 rings (SSSR count). The van der Waals surface area contributed by atoms with Gasteiger partial charge in [-0.1, -0.05) is 35.0 Å². The molecule has 0 spiro atoms. The smallest absolute Gasteiger partial charge is 0.341 e. The number of thioether (sulfide) groups is 1. The number of nitrogens with zero attached hydrogens (tertiary/aromatic N) is 3. The number of thiophene rings is 1. The van der Waals surface area contributed by atoms with Gasteiger partial charge in [0.15, 0.2) is 11.0 Å². The molecule has 3 aromatic rings. The van der Waals surface area contributed by atoms with Crippen molar-refractivity contribution in [1.82, 2.24) is 14.8 Å². The lowest BCUT2D eigenvalue weighted by Crippen LogP contribution is -2.18. The van der Waals surface area contributed by atoms with Gasteiger partial charge in [-0.25, -0.2) is 4.79 Å². The molecule has 0 aliphatic rings. The largest absolute Gasteiger partial charge is 0.459 e. The summed E-state index contributed by atoms with van der Waals surface area (Å²) in [5, 5.41) is 12.8. The lowest BCUT2D eigenvalue weighted by Gasteiger charge is -2.11. The summed E-state index contributed by atoms with van der Waals surface area (Å²) in [6.45, 7) is 7.47. The molecule has 2 amide bonds. The summed E-state index contributed by atoms with van der Waals surface area (Å²) in [7, 11) is 0. The Morgan fingerprint density at radius 3 is 2.57 bits per heavy atom. The number of anilines is 1. The maximum Gasteiger partial charge on any atom is 0.341 e. The standard InChI is InChI=1S/C22H23Cl2N5O4S2/c1-5-29-19(13-7-6-12(23)8-14(13)24)27-28-22(29)34-9-15(30)26-20-16(21(32)33-10(2)3)11(4)17(35-20)18(25)31/h6-8,10H,5,9H2,1-4H3,(H2,25,31)(H,26,30). The van der Waals surface area contributed by atoms with E-state index in [4.69, 9.17) is 33.7 Å². The number of primary amides is 1. The summed E-state index contributed by atoms with van der Waals surface area (Å²) in [5.74, 6) is -1.20. The van der Waals surface area contributed by atoms with Crippen molar-refractivity contribution in [2.75, 3.05) is 11.1 Å². The van der Waals surface area contributed by atoms with Crippen molar-refractivity contribution in [3.63, 3.8) is 0 Å². The van der Waals surface area contributed by atoms with Gasteiger partial charge in [0.1, 0.15) is 5.00 Å². The molecule has 186 valence electrons. The molecule has 0 aliphatic carbocycles. The van der Waals surface area contributed by atoms with Gasteiger partial charge in [-0.2, -0.15) is 0 Å². The van der Waals surface area contributed by atoms with Crippen molar-refractivity contribution in [1.29, 1.82) is 0 Å². The number of hydrogen-bond acceptors (Lipinski definition) is 8. The van der Waals surface area contributed by atoms with Gasteiger partial charge in [0, 0.05) is 17.1 Å². The fourth-order valence-corrected chi connectivity index (χ4v) is 5.56. The Morgan fingerprint density at radius 1 is 1.26 bits per heavy atom. The molecule has 9 nitrogen and oxygen atoms in total. The first-order valence-electron chi connectivity index (χ1n) is 10.5. The maximum absolute atomic E-state index is 12.8. The number of esters is 1. The second-order valence-corrected chi connectivity index (χ2v) is 10.4. The first kappa shape index (κ1) is 27.0.